The van der Waals surface area contributed by atoms with Crippen LogP contribution in [0.1, 0.15) is 0 Å². The molecule has 80 valence electrons. The minimum Gasteiger partial charge on any atom is -0.273 e. The SMILES string of the molecule is O=c1[nH]c(=O)n2c3c(cccc13)SCC=C2. The Hall–Kier alpha value is -1.75. The van der Waals surface area contributed by atoms with E-state index >= 15 is 0 Å². The number of aromatic nitrogens is 2. The fourth-order valence-corrected chi connectivity index (χ4v) is 2.71. The van der Waals surface area contributed by atoms with Crippen LogP contribution in [-0.4, -0.2) is 15.3 Å². The maximum absolute atomic E-state index is 11.7. The highest BCUT2D eigenvalue weighted by molar-refractivity contribution is 7.99. The molecule has 0 saturated heterocycles. The number of hydrogen-bond donors (Lipinski definition) is 1. The van der Waals surface area contributed by atoms with Crippen molar-refractivity contribution in [3.63, 3.8) is 0 Å². The number of hydrogen-bond acceptors (Lipinski definition) is 3. The normalized spacial score (nSPS) is 14.0. The van der Waals surface area contributed by atoms with Gasteiger partial charge in [-0.3, -0.25) is 14.3 Å². The number of para-hydroxylation sites is 1. The largest absolute Gasteiger partial charge is 0.332 e. The summed E-state index contributed by atoms with van der Waals surface area (Å²) >= 11 is 1.62. The van der Waals surface area contributed by atoms with Gasteiger partial charge in [0.25, 0.3) is 5.56 Å². The Kier molecular flexibility index (Phi) is 2.00. The van der Waals surface area contributed by atoms with Gasteiger partial charge in [-0.1, -0.05) is 12.1 Å². The molecule has 0 radical (unpaired) electrons. The summed E-state index contributed by atoms with van der Waals surface area (Å²) in [4.78, 5) is 26.6. The third kappa shape index (κ3) is 1.25. The van der Waals surface area contributed by atoms with Gasteiger partial charge in [-0.15, -0.1) is 11.8 Å². The van der Waals surface area contributed by atoms with E-state index < -0.39 is 0 Å². The summed E-state index contributed by atoms with van der Waals surface area (Å²) in [5.41, 5.74) is -0.00676. The van der Waals surface area contributed by atoms with Crippen molar-refractivity contribution in [3.8, 4) is 0 Å². The van der Waals surface area contributed by atoms with Crippen molar-refractivity contribution in [3.05, 3.63) is 45.1 Å². The minimum absolute atomic E-state index is 0.325. The van der Waals surface area contributed by atoms with Gasteiger partial charge in [0, 0.05) is 16.8 Å². The average Bonchev–Trinajstić information content (AvgIpc) is 2.49. The molecule has 0 atom stereocenters. The number of rotatable bonds is 0. The van der Waals surface area contributed by atoms with Crippen LogP contribution in [0.15, 0.2) is 38.8 Å². The minimum atomic E-state index is -0.385. The third-order valence-corrected chi connectivity index (χ3v) is 3.51. The molecule has 2 heterocycles. The van der Waals surface area contributed by atoms with E-state index in [1.165, 1.54) is 4.57 Å². The Morgan fingerprint density at radius 1 is 1.31 bits per heavy atom. The predicted molar refractivity (Wildman–Crippen MR) is 64.9 cm³/mol. The van der Waals surface area contributed by atoms with Gasteiger partial charge in [0.05, 0.1) is 10.9 Å². The zero-order chi connectivity index (χ0) is 11.1. The first kappa shape index (κ1) is 9.47. The van der Waals surface area contributed by atoms with E-state index in [4.69, 9.17) is 0 Å². The van der Waals surface area contributed by atoms with Crippen molar-refractivity contribution in [2.24, 2.45) is 0 Å². The lowest BCUT2D eigenvalue weighted by molar-refractivity contribution is 0.977. The molecule has 3 rings (SSSR count). The van der Waals surface area contributed by atoms with Crippen LogP contribution in [0, 0.1) is 0 Å². The maximum Gasteiger partial charge on any atom is 0.332 e. The van der Waals surface area contributed by atoms with Crippen LogP contribution >= 0.6 is 11.8 Å². The Labute approximate surface area is 94.6 Å². The Balaban J connectivity index is 2.65. The third-order valence-electron chi connectivity index (χ3n) is 2.51. The van der Waals surface area contributed by atoms with E-state index in [1.807, 2.05) is 18.2 Å². The zero-order valence-corrected chi connectivity index (χ0v) is 9.08. The van der Waals surface area contributed by atoms with Crippen LogP contribution in [0.5, 0.6) is 0 Å². The lowest BCUT2D eigenvalue weighted by Crippen LogP contribution is -2.27. The lowest BCUT2D eigenvalue weighted by Gasteiger charge is -2.06. The summed E-state index contributed by atoms with van der Waals surface area (Å²) in [5, 5.41) is 0.552. The van der Waals surface area contributed by atoms with Gasteiger partial charge in [-0.2, -0.15) is 0 Å². The summed E-state index contributed by atoms with van der Waals surface area (Å²) in [7, 11) is 0. The summed E-state index contributed by atoms with van der Waals surface area (Å²) < 4.78 is 1.49. The quantitative estimate of drug-likeness (QED) is 0.744. The van der Waals surface area contributed by atoms with Crippen LogP contribution < -0.4 is 11.2 Å². The van der Waals surface area contributed by atoms with E-state index in [0.29, 0.717) is 10.9 Å². The van der Waals surface area contributed by atoms with Gasteiger partial charge in [0.2, 0.25) is 0 Å². The first-order valence-electron chi connectivity index (χ1n) is 4.84. The van der Waals surface area contributed by atoms with E-state index in [-0.39, 0.29) is 11.2 Å². The molecular weight excluding hydrogens is 224 g/mol. The van der Waals surface area contributed by atoms with Crippen molar-refractivity contribution in [2.45, 2.75) is 4.90 Å². The molecule has 16 heavy (non-hydrogen) atoms. The van der Waals surface area contributed by atoms with Gasteiger partial charge in [0.15, 0.2) is 0 Å². The summed E-state index contributed by atoms with van der Waals surface area (Å²) in [6, 6.07) is 5.49. The zero-order valence-electron chi connectivity index (χ0n) is 8.27. The van der Waals surface area contributed by atoms with Crippen molar-refractivity contribution < 1.29 is 0 Å². The Morgan fingerprint density at radius 2 is 2.19 bits per heavy atom. The van der Waals surface area contributed by atoms with Crippen LogP contribution in [0.25, 0.3) is 17.1 Å². The van der Waals surface area contributed by atoms with E-state index in [0.717, 1.165) is 10.6 Å². The molecule has 0 spiro atoms. The smallest absolute Gasteiger partial charge is 0.273 e. The second kappa shape index (κ2) is 3.38. The second-order valence-corrected chi connectivity index (χ2v) is 4.54. The number of nitrogens with one attached hydrogen (secondary N) is 1. The standard InChI is InChI=1S/C11H8N2O2S/c14-10-7-3-1-4-8-9(7)13(11(15)12-10)5-2-6-16-8/h1-5H,6H2,(H,12,14,15). The maximum atomic E-state index is 11.7. The first-order valence-corrected chi connectivity index (χ1v) is 5.83. The van der Waals surface area contributed by atoms with E-state index in [1.54, 1.807) is 24.0 Å². The number of H-pyrrole nitrogens is 1. The average molecular weight is 232 g/mol. The first-order chi connectivity index (χ1) is 7.77. The fraction of sp³-hybridized carbons (Fsp3) is 0.0909. The fourth-order valence-electron chi connectivity index (χ4n) is 1.83. The molecule has 0 aliphatic carbocycles. The van der Waals surface area contributed by atoms with E-state index in [9.17, 15) is 9.59 Å². The molecule has 0 unspecified atom stereocenters. The van der Waals surface area contributed by atoms with Gasteiger partial charge in [0.1, 0.15) is 0 Å². The summed E-state index contributed by atoms with van der Waals surface area (Å²) in [5.74, 6) is 0.800. The molecule has 1 N–H and O–H groups in total. The van der Waals surface area contributed by atoms with Crippen molar-refractivity contribution in [2.75, 3.05) is 5.75 Å². The van der Waals surface area contributed by atoms with Crippen molar-refractivity contribution in [1.29, 1.82) is 0 Å². The molecular formula is C11H8N2O2S. The molecule has 1 aromatic heterocycles. The van der Waals surface area contributed by atoms with Gasteiger partial charge < -0.3 is 0 Å². The molecule has 0 amide bonds. The van der Waals surface area contributed by atoms with Crippen LogP contribution in [-0.2, 0) is 0 Å². The number of nitrogens with zero attached hydrogens (tertiary/aromatic N) is 1. The van der Waals surface area contributed by atoms with Crippen LogP contribution in [0.3, 0.4) is 0 Å². The molecule has 1 aliphatic heterocycles. The highest BCUT2D eigenvalue weighted by atomic mass is 32.2. The number of benzene rings is 1. The number of aromatic amines is 1. The highest BCUT2D eigenvalue weighted by Gasteiger charge is 2.11. The topological polar surface area (TPSA) is 54.9 Å². The van der Waals surface area contributed by atoms with Crippen LogP contribution in [0.4, 0.5) is 0 Å². The van der Waals surface area contributed by atoms with E-state index in [2.05, 4.69) is 4.98 Å². The molecule has 0 fully saturated rings. The summed E-state index contributed by atoms with van der Waals surface area (Å²) in [6.07, 6.45) is 3.62. The molecule has 1 aliphatic rings. The lowest BCUT2D eigenvalue weighted by atomic mass is 10.2. The predicted octanol–water partition coefficient (Wildman–Crippen LogP) is 1.27. The molecule has 1 aromatic carbocycles. The summed E-state index contributed by atoms with van der Waals surface area (Å²) in [6.45, 7) is 0. The van der Waals surface area contributed by atoms with Gasteiger partial charge >= 0.3 is 5.69 Å². The highest BCUT2D eigenvalue weighted by Crippen LogP contribution is 2.27. The van der Waals surface area contributed by atoms with Gasteiger partial charge in [-0.05, 0) is 12.1 Å². The van der Waals surface area contributed by atoms with Gasteiger partial charge in [-0.25, -0.2) is 4.79 Å². The number of thioether (sulfide) groups is 1. The van der Waals surface area contributed by atoms with Crippen LogP contribution in [0.2, 0.25) is 0 Å². The molecule has 5 heteroatoms. The monoisotopic (exact) mass is 232 g/mol. The molecule has 0 bridgehead atoms. The Morgan fingerprint density at radius 3 is 3.06 bits per heavy atom. The molecule has 2 aromatic rings. The second-order valence-electron chi connectivity index (χ2n) is 3.48. The molecule has 4 nitrogen and oxygen atoms in total. The van der Waals surface area contributed by atoms with Crippen molar-refractivity contribution >= 4 is 28.9 Å². The molecule has 0 saturated carbocycles. The Bertz CT molecular complexity index is 712. The van der Waals surface area contributed by atoms with Crippen molar-refractivity contribution in [1.82, 2.24) is 9.55 Å².